The molecular weight excluding hydrogens is 310 g/mol. The van der Waals surface area contributed by atoms with Gasteiger partial charge in [0.15, 0.2) is 11.6 Å². The van der Waals surface area contributed by atoms with Crippen molar-refractivity contribution < 1.29 is 8.78 Å². The lowest BCUT2D eigenvalue weighted by Gasteiger charge is -2.22. The van der Waals surface area contributed by atoms with Crippen molar-refractivity contribution in [3.05, 3.63) is 35.4 Å². The second-order valence-electron chi connectivity index (χ2n) is 5.60. The standard InChI is InChI=1S/C16H21BrF2/c17-14(10-9-12-5-2-1-3-6-12)11-13-7-4-8-15(18)16(13)19/h4,7-8,12,14H,1-3,5-6,9-11H2. The highest BCUT2D eigenvalue weighted by molar-refractivity contribution is 9.09. The molecule has 0 spiro atoms. The molecule has 1 saturated carbocycles. The molecule has 1 aromatic carbocycles. The molecule has 1 unspecified atom stereocenters. The van der Waals surface area contributed by atoms with Crippen LogP contribution in [-0.4, -0.2) is 4.83 Å². The van der Waals surface area contributed by atoms with Crippen LogP contribution in [0.25, 0.3) is 0 Å². The Kier molecular flexibility index (Phi) is 5.80. The van der Waals surface area contributed by atoms with E-state index in [0.717, 1.165) is 12.3 Å². The molecule has 1 atom stereocenters. The highest BCUT2D eigenvalue weighted by Crippen LogP contribution is 2.29. The largest absolute Gasteiger partial charge is 0.204 e. The fourth-order valence-corrected chi connectivity index (χ4v) is 3.55. The summed E-state index contributed by atoms with van der Waals surface area (Å²) in [6, 6.07) is 4.42. The van der Waals surface area contributed by atoms with E-state index in [0.29, 0.717) is 12.0 Å². The Morgan fingerprint density at radius 2 is 1.89 bits per heavy atom. The molecule has 0 nitrogen and oxygen atoms in total. The summed E-state index contributed by atoms with van der Waals surface area (Å²) in [6.45, 7) is 0. The van der Waals surface area contributed by atoms with Crippen LogP contribution in [0, 0.1) is 17.6 Å². The van der Waals surface area contributed by atoms with E-state index in [1.807, 2.05) is 0 Å². The van der Waals surface area contributed by atoms with Crippen molar-refractivity contribution in [2.24, 2.45) is 5.92 Å². The molecule has 0 aliphatic heterocycles. The van der Waals surface area contributed by atoms with Crippen molar-refractivity contribution in [1.82, 2.24) is 0 Å². The number of hydrogen-bond acceptors (Lipinski definition) is 0. The van der Waals surface area contributed by atoms with E-state index >= 15 is 0 Å². The molecule has 19 heavy (non-hydrogen) atoms. The molecule has 106 valence electrons. The van der Waals surface area contributed by atoms with Crippen LogP contribution in [0.5, 0.6) is 0 Å². The first-order valence-electron chi connectivity index (χ1n) is 7.23. The minimum Gasteiger partial charge on any atom is -0.204 e. The maximum atomic E-state index is 13.6. The van der Waals surface area contributed by atoms with E-state index < -0.39 is 11.6 Å². The van der Waals surface area contributed by atoms with Crippen molar-refractivity contribution in [2.75, 3.05) is 0 Å². The van der Waals surface area contributed by atoms with Gasteiger partial charge in [0.25, 0.3) is 0 Å². The van der Waals surface area contributed by atoms with Crippen molar-refractivity contribution in [3.8, 4) is 0 Å². The van der Waals surface area contributed by atoms with Crippen LogP contribution in [0.3, 0.4) is 0 Å². The molecule has 0 N–H and O–H groups in total. The van der Waals surface area contributed by atoms with Crippen molar-refractivity contribution in [2.45, 2.75) is 56.2 Å². The summed E-state index contributed by atoms with van der Waals surface area (Å²) in [5.74, 6) is -0.597. The van der Waals surface area contributed by atoms with Crippen LogP contribution in [-0.2, 0) is 6.42 Å². The van der Waals surface area contributed by atoms with Gasteiger partial charge in [-0.25, -0.2) is 8.78 Å². The topological polar surface area (TPSA) is 0 Å². The molecule has 1 fully saturated rings. The second-order valence-corrected chi connectivity index (χ2v) is 6.89. The van der Waals surface area contributed by atoms with Gasteiger partial charge in [-0.15, -0.1) is 0 Å². The van der Waals surface area contributed by atoms with E-state index in [1.165, 1.54) is 44.6 Å². The highest BCUT2D eigenvalue weighted by Gasteiger charge is 2.17. The third kappa shape index (κ3) is 4.55. The number of hydrogen-bond donors (Lipinski definition) is 0. The lowest BCUT2D eigenvalue weighted by molar-refractivity contribution is 0.331. The first-order chi connectivity index (χ1) is 9.16. The molecule has 0 radical (unpaired) electrons. The fourth-order valence-electron chi connectivity index (χ4n) is 2.94. The van der Waals surface area contributed by atoms with Gasteiger partial charge >= 0.3 is 0 Å². The maximum Gasteiger partial charge on any atom is 0.162 e. The van der Waals surface area contributed by atoms with Gasteiger partial charge in [0.1, 0.15) is 0 Å². The highest BCUT2D eigenvalue weighted by atomic mass is 79.9. The van der Waals surface area contributed by atoms with Crippen LogP contribution in [0.15, 0.2) is 18.2 Å². The zero-order valence-electron chi connectivity index (χ0n) is 11.2. The van der Waals surface area contributed by atoms with E-state index in [1.54, 1.807) is 12.1 Å². The average molecular weight is 331 g/mol. The Balaban J connectivity index is 1.80. The molecule has 0 saturated heterocycles. The number of halogens is 3. The third-order valence-electron chi connectivity index (χ3n) is 4.09. The lowest BCUT2D eigenvalue weighted by atomic mass is 9.85. The van der Waals surface area contributed by atoms with Crippen LogP contribution in [0.2, 0.25) is 0 Å². The zero-order valence-corrected chi connectivity index (χ0v) is 12.8. The van der Waals surface area contributed by atoms with E-state index in [2.05, 4.69) is 15.9 Å². The van der Waals surface area contributed by atoms with Crippen molar-refractivity contribution in [3.63, 3.8) is 0 Å². The molecule has 3 heteroatoms. The molecular formula is C16H21BrF2. The summed E-state index contributed by atoms with van der Waals surface area (Å²) in [7, 11) is 0. The van der Waals surface area contributed by atoms with Crippen LogP contribution >= 0.6 is 15.9 Å². The Labute approximate surface area is 122 Å². The number of alkyl halides is 1. The maximum absolute atomic E-state index is 13.6. The van der Waals surface area contributed by atoms with E-state index in [4.69, 9.17) is 0 Å². The lowest BCUT2D eigenvalue weighted by Crippen LogP contribution is -2.11. The molecule has 0 bridgehead atoms. The predicted molar refractivity (Wildman–Crippen MR) is 78.6 cm³/mol. The smallest absolute Gasteiger partial charge is 0.162 e. The summed E-state index contributed by atoms with van der Waals surface area (Å²) in [4.78, 5) is 0.241. The molecule has 0 aromatic heterocycles. The summed E-state index contributed by atoms with van der Waals surface area (Å²) in [5, 5.41) is 0. The Morgan fingerprint density at radius 3 is 2.63 bits per heavy atom. The predicted octanol–water partition coefficient (Wildman–Crippen LogP) is 5.63. The minimum atomic E-state index is -0.746. The van der Waals surface area contributed by atoms with E-state index in [9.17, 15) is 8.78 Å². The average Bonchev–Trinajstić information content (AvgIpc) is 2.43. The summed E-state index contributed by atoms with van der Waals surface area (Å²) in [5.41, 5.74) is 0.477. The summed E-state index contributed by atoms with van der Waals surface area (Å²) >= 11 is 3.61. The Bertz CT molecular complexity index is 400. The zero-order chi connectivity index (χ0) is 13.7. The van der Waals surface area contributed by atoms with E-state index in [-0.39, 0.29) is 4.83 Å². The van der Waals surface area contributed by atoms with Gasteiger partial charge in [-0.3, -0.25) is 0 Å². The van der Waals surface area contributed by atoms with Crippen LogP contribution in [0.4, 0.5) is 8.78 Å². The fraction of sp³-hybridized carbons (Fsp3) is 0.625. The normalized spacial score (nSPS) is 18.5. The first-order valence-corrected chi connectivity index (χ1v) is 8.15. The van der Waals surface area contributed by atoms with Crippen LogP contribution < -0.4 is 0 Å². The number of benzene rings is 1. The van der Waals surface area contributed by atoms with Gasteiger partial charge in [0.05, 0.1) is 0 Å². The quantitative estimate of drug-likeness (QED) is 0.613. The van der Waals surface area contributed by atoms with Gasteiger partial charge in [-0.1, -0.05) is 60.2 Å². The molecule has 0 amide bonds. The van der Waals surface area contributed by atoms with Crippen molar-refractivity contribution in [1.29, 1.82) is 0 Å². The van der Waals surface area contributed by atoms with Gasteiger partial charge < -0.3 is 0 Å². The first kappa shape index (κ1) is 15.0. The Hall–Kier alpha value is -0.440. The second kappa shape index (κ2) is 7.37. The van der Waals surface area contributed by atoms with Gasteiger partial charge in [0.2, 0.25) is 0 Å². The molecule has 2 rings (SSSR count). The molecule has 1 aromatic rings. The molecule has 0 heterocycles. The number of rotatable bonds is 5. The van der Waals surface area contributed by atoms with Gasteiger partial charge in [-0.2, -0.15) is 0 Å². The SMILES string of the molecule is Fc1cccc(CC(Br)CCC2CCCCC2)c1F. The summed E-state index contributed by atoms with van der Waals surface area (Å²) < 4.78 is 26.7. The van der Waals surface area contributed by atoms with Gasteiger partial charge in [0, 0.05) is 4.83 Å². The monoisotopic (exact) mass is 330 g/mol. The van der Waals surface area contributed by atoms with Crippen LogP contribution in [0.1, 0.15) is 50.5 Å². The van der Waals surface area contributed by atoms with Gasteiger partial charge in [-0.05, 0) is 36.8 Å². The Morgan fingerprint density at radius 1 is 1.16 bits per heavy atom. The molecule has 1 aliphatic rings. The summed E-state index contributed by atoms with van der Waals surface area (Å²) in [6.07, 6.45) is 9.58. The van der Waals surface area contributed by atoms with Crippen molar-refractivity contribution >= 4 is 15.9 Å². The third-order valence-corrected chi connectivity index (χ3v) is 4.87. The molecule has 1 aliphatic carbocycles. The minimum absolute atomic E-state index is 0.241.